The topological polar surface area (TPSA) is 73.6 Å². The second-order valence-corrected chi connectivity index (χ2v) is 7.87. The van der Waals surface area contributed by atoms with Gasteiger partial charge in [-0.2, -0.15) is 0 Å². The molecular weight excluding hydrogens is 417 g/mol. The molecule has 26 heavy (non-hydrogen) atoms. The van der Waals surface area contributed by atoms with Crippen molar-refractivity contribution >= 4 is 69.5 Å². The minimum atomic E-state index is -1.37. The molecule has 0 aliphatic carbocycles. The van der Waals surface area contributed by atoms with Crippen LogP contribution in [-0.2, 0) is 9.59 Å². The maximum absolute atomic E-state index is 12.4. The summed E-state index contributed by atoms with van der Waals surface area (Å²) in [4.78, 5) is 24.7. The predicted octanol–water partition coefficient (Wildman–Crippen LogP) is 3.59. The zero-order valence-electron chi connectivity index (χ0n) is 13.2. The Morgan fingerprint density at radius 2 is 2.04 bits per heavy atom. The smallest absolute Gasteiger partial charge is 0.266 e. The summed E-state index contributed by atoms with van der Waals surface area (Å²) in [5, 5.41) is 11.9. The van der Waals surface area contributed by atoms with E-state index in [1.165, 1.54) is 13.0 Å². The second kappa shape index (κ2) is 7.44. The van der Waals surface area contributed by atoms with Gasteiger partial charge < -0.3 is 14.3 Å². The monoisotopic (exact) mass is 426 g/mol. The molecule has 0 radical (unpaired) electrons. The van der Waals surface area contributed by atoms with Gasteiger partial charge in [0.2, 0.25) is 0 Å². The summed E-state index contributed by atoms with van der Waals surface area (Å²) in [6, 6.07) is 7.37. The van der Waals surface area contributed by atoms with Crippen LogP contribution in [0.25, 0.3) is 17.4 Å². The van der Waals surface area contributed by atoms with E-state index in [0.29, 0.717) is 21.6 Å². The van der Waals surface area contributed by atoms with E-state index in [9.17, 15) is 14.7 Å². The highest BCUT2D eigenvalue weighted by Gasteiger charge is 2.36. The first kappa shape index (κ1) is 19.0. The number of thioether (sulfide) groups is 1. The van der Waals surface area contributed by atoms with Crippen LogP contribution < -0.4 is 5.11 Å². The number of carboxylic acid groups (broad SMARTS) is 1. The van der Waals surface area contributed by atoms with Gasteiger partial charge in [0.05, 0.1) is 27.0 Å². The van der Waals surface area contributed by atoms with Crippen LogP contribution >= 0.6 is 47.2 Å². The Labute approximate surface area is 168 Å². The minimum absolute atomic E-state index is 0.161. The van der Waals surface area contributed by atoms with Crippen molar-refractivity contribution in [3.8, 4) is 11.3 Å². The SMILES string of the molecule is C[C@H](C(=O)[O-])N1C(=O)/C(=C\c2ccc(-c3ccc(Cl)c(Cl)c3)o2)SC1=S. The highest BCUT2D eigenvalue weighted by molar-refractivity contribution is 8.26. The number of amides is 1. The lowest BCUT2D eigenvalue weighted by atomic mass is 10.2. The van der Waals surface area contributed by atoms with E-state index < -0.39 is 17.9 Å². The number of halogens is 2. The Morgan fingerprint density at radius 1 is 1.31 bits per heavy atom. The van der Waals surface area contributed by atoms with Gasteiger partial charge in [-0.1, -0.05) is 47.2 Å². The van der Waals surface area contributed by atoms with Gasteiger partial charge in [0.25, 0.3) is 5.91 Å². The van der Waals surface area contributed by atoms with Crippen molar-refractivity contribution in [2.75, 3.05) is 0 Å². The lowest BCUT2D eigenvalue weighted by Gasteiger charge is -2.23. The van der Waals surface area contributed by atoms with Gasteiger partial charge in [-0.05, 0) is 37.3 Å². The van der Waals surface area contributed by atoms with Crippen molar-refractivity contribution in [2.45, 2.75) is 13.0 Å². The fraction of sp³-hybridized carbons (Fsp3) is 0.118. The van der Waals surface area contributed by atoms with Crippen molar-refractivity contribution in [1.82, 2.24) is 4.90 Å². The lowest BCUT2D eigenvalue weighted by Crippen LogP contribution is -2.48. The Balaban J connectivity index is 1.86. The Kier molecular flexibility index (Phi) is 5.43. The summed E-state index contributed by atoms with van der Waals surface area (Å²) in [6.45, 7) is 1.35. The van der Waals surface area contributed by atoms with E-state index in [0.717, 1.165) is 22.2 Å². The largest absolute Gasteiger partial charge is 0.548 e. The molecule has 1 aliphatic rings. The van der Waals surface area contributed by atoms with Crippen molar-refractivity contribution in [3.05, 3.63) is 51.0 Å². The molecule has 1 amide bonds. The van der Waals surface area contributed by atoms with Crippen LogP contribution in [0.4, 0.5) is 0 Å². The van der Waals surface area contributed by atoms with Gasteiger partial charge in [-0.15, -0.1) is 0 Å². The van der Waals surface area contributed by atoms with Crippen LogP contribution in [0, 0.1) is 0 Å². The third kappa shape index (κ3) is 3.66. The number of carboxylic acids is 1. The van der Waals surface area contributed by atoms with Crippen LogP contribution in [0.5, 0.6) is 0 Å². The molecule has 1 aromatic carbocycles. The fourth-order valence-electron chi connectivity index (χ4n) is 2.28. The van der Waals surface area contributed by atoms with E-state index in [1.54, 1.807) is 30.3 Å². The molecule has 0 N–H and O–H groups in total. The standard InChI is InChI=1S/C17H11Cl2NO4S2/c1-8(16(22)23)20-15(21)14(26-17(20)25)7-10-3-5-13(24-10)9-2-4-11(18)12(19)6-9/h2-8H,1H3,(H,22,23)/p-1/b14-7+/t8-/m1/s1. The summed E-state index contributed by atoms with van der Waals surface area (Å²) in [5.74, 6) is -0.896. The van der Waals surface area contributed by atoms with Crippen LogP contribution in [0.1, 0.15) is 12.7 Å². The van der Waals surface area contributed by atoms with Gasteiger partial charge in [-0.3, -0.25) is 9.69 Å². The molecular formula is C17H10Cl2NO4S2-. The molecule has 2 heterocycles. The summed E-state index contributed by atoms with van der Waals surface area (Å²) < 4.78 is 5.88. The number of hydrogen-bond acceptors (Lipinski definition) is 6. The number of carbonyl (C=O) groups is 2. The zero-order chi connectivity index (χ0) is 19.0. The quantitative estimate of drug-likeness (QED) is 0.549. The third-order valence-electron chi connectivity index (χ3n) is 3.66. The van der Waals surface area contributed by atoms with Gasteiger partial charge in [0.15, 0.2) is 0 Å². The zero-order valence-corrected chi connectivity index (χ0v) is 16.3. The van der Waals surface area contributed by atoms with Crippen LogP contribution in [0.15, 0.2) is 39.7 Å². The molecule has 1 saturated heterocycles. The van der Waals surface area contributed by atoms with Crippen molar-refractivity contribution in [1.29, 1.82) is 0 Å². The normalized spacial score (nSPS) is 17.2. The number of nitrogens with zero attached hydrogens (tertiary/aromatic N) is 1. The summed E-state index contributed by atoms with van der Waals surface area (Å²) in [5.41, 5.74) is 0.733. The number of furan rings is 1. The summed E-state index contributed by atoms with van der Waals surface area (Å²) in [6.07, 6.45) is 1.52. The van der Waals surface area contributed by atoms with Gasteiger partial charge in [0.1, 0.15) is 15.8 Å². The molecule has 1 fully saturated rings. The highest BCUT2D eigenvalue weighted by Crippen LogP contribution is 2.35. The molecule has 3 rings (SSSR count). The van der Waals surface area contributed by atoms with Crippen LogP contribution in [0.2, 0.25) is 10.0 Å². The van der Waals surface area contributed by atoms with E-state index in [4.69, 9.17) is 39.8 Å². The average molecular weight is 427 g/mol. The maximum atomic E-state index is 12.4. The van der Waals surface area contributed by atoms with Gasteiger partial charge >= 0.3 is 0 Å². The number of hydrogen-bond donors (Lipinski definition) is 0. The van der Waals surface area contributed by atoms with E-state index >= 15 is 0 Å². The van der Waals surface area contributed by atoms with Crippen molar-refractivity contribution in [3.63, 3.8) is 0 Å². The van der Waals surface area contributed by atoms with Crippen molar-refractivity contribution in [2.24, 2.45) is 0 Å². The van der Waals surface area contributed by atoms with E-state index in [1.807, 2.05) is 0 Å². The molecule has 1 atom stereocenters. The van der Waals surface area contributed by atoms with Crippen LogP contribution in [-0.4, -0.2) is 27.1 Å². The number of rotatable bonds is 4. The Hall–Kier alpha value is -1.80. The Bertz CT molecular complexity index is 954. The molecule has 0 bridgehead atoms. The number of carbonyl (C=O) groups excluding carboxylic acids is 2. The highest BCUT2D eigenvalue weighted by atomic mass is 35.5. The van der Waals surface area contributed by atoms with Gasteiger partial charge in [0, 0.05) is 11.6 Å². The molecule has 1 aliphatic heterocycles. The Morgan fingerprint density at radius 3 is 2.69 bits per heavy atom. The first-order valence-corrected chi connectivity index (χ1v) is 9.29. The predicted molar refractivity (Wildman–Crippen MR) is 104 cm³/mol. The van der Waals surface area contributed by atoms with E-state index in [-0.39, 0.29) is 9.23 Å². The number of aliphatic carboxylic acids is 1. The first-order valence-electron chi connectivity index (χ1n) is 7.31. The second-order valence-electron chi connectivity index (χ2n) is 5.38. The molecule has 1 aromatic heterocycles. The third-order valence-corrected chi connectivity index (χ3v) is 5.73. The van der Waals surface area contributed by atoms with Crippen molar-refractivity contribution < 1.29 is 19.1 Å². The molecule has 0 unspecified atom stereocenters. The molecule has 2 aromatic rings. The number of benzene rings is 1. The van der Waals surface area contributed by atoms with Crippen LogP contribution in [0.3, 0.4) is 0 Å². The minimum Gasteiger partial charge on any atom is -0.548 e. The van der Waals surface area contributed by atoms with Gasteiger partial charge in [-0.25, -0.2) is 0 Å². The maximum Gasteiger partial charge on any atom is 0.266 e. The summed E-state index contributed by atoms with van der Waals surface area (Å²) >= 11 is 18.0. The molecule has 134 valence electrons. The summed E-state index contributed by atoms with van der Waals surface area (Å²) in [7, 11) is 0. The molecule has 5 nitrogen and oxygen atoms in total. The fourth-order valence-corrected chi connectivity index (χ4v) is 3.98. The molecule has 9 heteroatoms. The molecule has 0 spiro atoms. The lowest BCUT2D eigenvalue weighted by molar-refractivity contribution is -0.309. The first-order chi connectivity index (χ1) is 12.3. The van der Waals surface area contributed by atoms with E-state index in [2.05, 4.69) is 0 Å². The average Bonchev–Trinajstić information content (AvgIpc) is 3.15. The number of thiocarbonyl (C=S) groups is 1. The molecule has 0 saturated carbocycles.